The smallest absolute Gasteiger partial charge is 0.309 e. The Labute approximate surface area is 117 Å². The molecular weight excluding hydrogens is 238 g/mol. The SMILES string of the molecule is CC(CC1CCC1)N1CCCC(C(C)(C)C(=O)O)C1. The lowest BCUT2D eigenvalue weighted by Crippen LogP contribution is -2.48. The number of hydrogen-bond acceptors (Lipinski definition) is 2. The van der Waals surface area contributed by atoms with Crippen molar-refractivity contribution < 1.29 is 9.90 Å². The monoisotopic (exact) mass is 267 g/mol. The molecule has 0 amide bonds. The van der Waals surface area contributed by atoms with E-state index in [1.165, 1.54) is 25.7 Å². The molecule has 0 radical (unpaired) electrons. The van der Waals surface area contributed by atoms with Gasteiger partial charge in [0.1, 0.15) is 0 Å². The third-order valence-corrected chi connectivity index (χ3v) is 5.55. The van der Waals surface area contributed by atoms with Gasteiger partial charge in [0, 0.05) is 12.6 Å². The first-order valence-electron chi connectivity index (χ1n) is 7.88. The summed E-state index contributed by atoms with van der Waals surface area (Å²) in [4.78, 5) is 14.0. The molecule has 0 spiro atoms. The Kier molecular flexibility index (Phi) is 4.54. The first kappa shape index (κ1) is 14.8. The van der Waals surface area contributed by atoms with Gasteiger partial charge in [0.05, 0.1) is 5.41 Å². The largest absolute Gasteiger partial charge is 0.481 e. The van der Waals surface area contributed by atoms with Crippen LogP contribution in [0.15, 0.2) is 0 Å². The van der Waals surface area contributed by atoms with E-state index in [4.69, 9.17) is 0 Å². The van der Waals surface area contributed by atoms with Crippen molar-refractivity contribution in [1.29, 1.82) is 0 Å². The molecule has 2 rings (SSSR count). The lowest BCUT2D eigenvalue weighted by Gasteiger charge is -2.43. The van der Waals surface area contributed by atoms with Gasteiger partial charge in [-0.15, -0.1) is 0 Å². The zero-order valence-electron chi connectivity index (χ0n) is 12.7. The van der Waals surface area contributed by atoms with E-state index < -0.39 is 11.4 Å². The zero-order chi connectivity index (χ0) is 14.0. The first-order valence-corrected chi connectivity index (χ1v) is 7.88. The minimum absolute atomic E-state index is 0.294. The van der Waals surface area contributed by atoms with Gasteiger partial charge in [-0.2, -0.15) is 0 Å². The molecular formula is C16H29NO2. The molecule has 0 bridgehead atoms. The van der Waals surface area contributed by atoms with Gasteiger partial charge in [-0.3, -0.25) is 4.79 Å². The third kappa shape index (κ3) is 3.31. The fourth-order valence-corrected chi connectivity index (χ4v) is 3.53. The summed E-state index contributed by atoms with van der Waals surface area (Å²) < 4.78 is 0. The highest BCUT2D eigenvalue weighted by Crippen LogP contribution is 2.37. The van der Waals surface area contributed by atoms with E-state index in [0.717, 1.165) is 31.8 Å². The molecule has 0 aromatic carbocycles. The second-order valence-electron chi connectivity index (χ2n) is 7.24. The fraction of sp³-hybridized carbons (Fsp3) is 0.938. The molecule has 2 fully saturated rings. The molecule has 0 aromatic rings. The molecule has 3 nitrogen and oxygen atoms in total. The minimum atomic E-state index is -0.647. The average molecular weight is 267 g/mol. The number of carboxylic acid groups (broad SMARTS) is 1. The normalized spacial score (nSPS) is 27.8. The van der Waals surface area contributed by atoms with Crippen LogP contribution in [-0.4, -0.2) is 35.1 Å². The van der Waals surface area contributed by atoms with Crippen LogP contribution in [0.2, 0.25) is 0 Å². The summed E-state index contributed by atoms with van der Waals surface area (Å²) in [5.74, 6) is 0.580. The van der Waals surface area contributed by atoms with Gasteiger partial charge >= 0.3 is 5.97 Å². The van der Waals surface area contributed by atoms with Crippen molar-refractivity contribution in [3.05, 3.63) is 0 Å². The molecule has 2 atom stereocenters. The maximum atomic E-state index is 11.4. The second-order valence-corrected chi connectivity index (χ2v) is 7.24. The highest BCUT2D eigenvalue weighted by molar-refractivity contribution is 5.74. The Hall–Kier alpha value is -0.570. The molecule has 19 heavy (non-hydrogen) atoms. The molecule has 1 saturated carbocycles. The van der Waals surface area contributed by atoms with Crippen molar-refractivity contribution >= 4 is 5.97 Å². The van der Waals surface area contributed by atoms with E-state index in [9.17, 15) is 9.90 Å². The maximum absolute atomic E-state index is 11.4. The molecule has 1 saturated heterocycles. The van der Waals surface area contributed by atoms with Crippen molar-refractivity contribution in [2.45, 2.75) is 65.3 Å². The zero-order valence-corrected chi connectivity index (χ0v) is 12.7. The number of carboxylic acids is 1. The van der Waals surface area contributed by atoms with Crippen LogP contribution in [0.3, 0.4) is 0 Å². The molecule has 1 heterocycles. The van der Waals surface area contributed by atoms with Crippen LogP contribution in [0.25, 0.3) is 0 Å². The Bertz CT molecular complexity index is 323. The summed E-state index contributed by atoms with van der Waals surface area (Å²) in [7, 11) is 0. The van der Waals surface area contributed by atoms with Crippen molar-refractivity contribution in [2.24, 2.45) is 17.3 Å². The molecule has 2 unspecified atom stereocenters. The summed E-state index contributed by atoms with van der Waals surface area (Å²) in [6, 6.07) is 0.623. The van der Waals surface area contributed by atoms with Crippen molar-refractivity contribution in [1.82, 2.24) is 4.90 Å². The summed E-state index contributed by atoms with van der Waals surface area (Å²) in [6.45, 7) is 8.22. The van der Waals surface area contributed by atoms with Crippen LogP contribution in [0, 0.1) is 17.3 Å². The average Bonchev–Trinajstić information content (AvgIpc) is 2.33. The van der Waals surface area contributed by atoms with Crippen LogP contribution >= 0.6 is 0 Å². The Balaban J connectivity index is 1.90. The summed E-state index contributed by atoms with van der Waals surface area (Å²) in [6.07, 6.45) is 7.74. The molecule has 0 aromatic heterocycles. The van der Waals surface area contributed by atoms with Gasteiger partial charge in [-0.05, 0) is 58.4 Å². The van der Waals surface area contributed by atoms with E-state index in [0.29, 0.717) is 12.0 Å². The lowest BCUT2D eigenvalue weighted by atomic mass is 9.74. The molecule has 3 heteroatoms. The Morgan fingerprint density at radius 2 is 2.00 bits per heavy atom. The molecule has 1 aliphatic carbocycles. The van der Waals surface area contributed by atoms with Crippen LogP contribution in [0.4, 0.5) is 0 Å². The van der Waals surface area contributed by atoms with E-state index >= 15 is 0 Å². The van der Waals surface area contributed by atoms with Gasteiger partial charge < -0.3 is 10.0 Å². The second kappa shape index (κ2) is 5.82. The topological polar surface area (TPSA) is 40.5 Å². The minimum Gasteiger partial charge on any atom is -0.481 e. The summed E-state index contributed by atoms with van der Waals surface area (Å²) in [5.41, 5.74) is -0.588. The van der Waals surface area contributed by atoms with Crippen LogP contribution in [0.1, 0.15) is 59.3 Å². The number of carbonyl (C=O) groups is 1. The predicted molar refractivity (Wildman–Crippen MR) is 77.1 cm³/mol. The van der Waals surface area contributed by atoms with E-state index in [-0.39, 0.29) is 0 Å². The van der Waals surface area contributed by atoms with E-state index in [2.05, 4.69) is 11.8 Å². The number of piperidine rings is 1. The Morgan fingerprint density at radius 3 is 2.53 bits per heavy atom. The van der Waals surface area contributed by atoms with Gasteiger partial charge in [0.2, 0.25) is 0 Å². The molecule has 1 aliphatic heterocycles. The summed E-state index contributed by atoms with van der Waals surface area (Å²) >= 11 is 0. The summed E-state index contributed by atoms with van der Waals surface area (Å²) in [5, 5.41) is 9.39. The van der Waals surface area contributed by atoms with E-state index in [1.54, 1.807) is 0 Å². The molecule has 110 valence electrons. The number of nitrogens with zero attached hydrogens (tertiary/aromatic N) is 1. The van der Waals surface area contributed by atoms with Crippen LogP contribution in [0.5, 0.6) is 0 Å². The van der Waals surface area contributed by atoms with Gasteiger partial charge in [-0.1, -0.05) is 19.3 Å². The predicted octanol–water partition coefficient (Wildman–Crippen LogP) is 3.39. The highest BCUT2D eigenvalue weighted by Gasteiger charge is 2.40. The fourth-order valence-electron chi connectivity index (χ4n) is 3.53. The van der Waals surface area contributed by atoms with Gasteiger partial charge in [-0.25, -0.2) is 0 Å². The lowest BCUT2D eigenvalue weighted by molar-refractivity contribution is -0.151. The highest BCUT2D eigenvalue weighted by atomic mass is 16.4. The van der Waals surface area contributed by atoms with Crippen molar-refractivity contribution in [3.63, 3.8) is 0 Å². The van der Waals surface area contributed by atoms with Crippen molar-refractivity contribution in [2.75, 3.05) is 13.1 Å². The number of rotatable bonds is 5. The van der Waals surface area contributed by atoms with Crippen LogP contribution < -0.4 is 0 Å². The van der Waals surface area contributed by atoms with Gasteiger partial charge in [0.25, 0.3) is 0 Å². The molecule has 2 aliphatic rings. The number of hydrogen-bond donors (Lipinski definition) is 1. The van der Waals surface area contributed by atoms with Crippen molar-refractivity contribution in [3.8, 4) is 0 Å². The number of likely N-dealkylation sites (tertiary alicyclic amines) is 1. The quantitative estimate of drug-likeness (QED) is 0.830. The third-order valence-electron chi connectivity index (χ3n) is 5.55. The molecule has 1 N–H and O–H groups in total. The first-order chi connectivity index (χ1) is 8.91. The standard InChI is InChI=1S/C16H29NO2/c1-12(10-13-6-4-7-13)17-9-5-8-14(11-17)16(2,3)15(18)19/h12-14H,4-11H2,1-3H3,(H,18,19). The van der Waals surface area contributed by atoms with Crippen LogP contribution in [-0.2, 0) is 4.79 Å². The van der Waals surface area contributed by atoms with E-state index in [1.807, 2.05) is 13.8 Å². The maximum Gasteiger partial charge on any atom is 0.309 e. The van der Waals surface area contributed by atoms with Gasteiger partial charge in [0.15, 0.2) is 0 Å². The Morgan fingerprint density at radius 1 is 1.32 bits per heavy atom. The number of aliphatic carboxylic acids is 1.